The summed E-state index contributed by atoms with van der Waals surface area (Å²) in [5.74, 6) is 0. The van der Waals surface area contributed by atoms with E-state index in [1.54, 1.807) is 4.90 Å². The smallest absolute Gasteiger partial charge is 0.410 e. The van der Waals surface area contributed by atoms with E-state index in [-0.39, 0.29) is 6.09 Å². The zero-order valence-corrected chi connectivity index (χ0v) is 10.5. The van der Waals surface area contributed by atoms with Gasteiger partial charge in [0.05, 0.1) is 0 Å². The van der Waals surface area contributed by atoms with Gasteiger partial charge in [-0.25, -0.2) is 4.79 Å². The summed E-state index contributed by atoms with van der Waals surface area (Å²) in [6, 6.07) is 0. The molecule has 0 aromatic heterocycles. The molecule has 17 heavy (non-hydrogen) atoms. The Hall–Kier alpha value is -1.68. The maximum Gasteiger partial charge on any atom is 0.410 e. The van der Waals surface area contributed by atoms with Crippen molar-refractivity contribution in [2.45, 2.75) is 39.2 Å². The quantitative estimate of drug-likeness (QED) is 0.399. The number of rotatable bonds is 1. The van der Waals surface area contributed by atoms with Gasteiger partial charge in [0.2, 0.25) is 0 Å². The minimum absolute atomic E-state index is 0.316. The number of ether oxygens (including phenoxy) is 1. The van der Waals surface area contributed by atoms with E-state index in [2.05, 4.69) is 10.0 Å². The molecular weight excluding hydrogens is 220 g/mol. The predicted octanol–water partition coefficient (Wildman–Crippen LogP) is 3.21. The molecule has 0 N–H and O–H groups in total. The predicted molar refractivity (Wildman–Crippen MR) is 64.3 cm³/mol. The summed E-state index contributed by atoms with van der Waals surface area (Å²) >= 11 is 0. The number of amides is 1. The van der Waals surface area contributed by atoms with Crippen LogP contribution in [0.15, 0.2) is 16.9 Å². The molecule has 94 valence electrons. The largest absolute Gasteiger partial charge is 0.444 e. The summed E-state index contributed by atoms with van der Waals surface area (Å²) in [6.45, 7) is 6.68. The van der Waals surface area contributed by atoms with Crippen LogP contribution < -0.4 is 0 Å². The molecule has 0 spiro atoms. The van der Waals surface area contributed by atoms with E-state index < -0.39 is 5.60 Å². The minimum Gasteiger partial charge on any atom is -0.444 e. The van der Waals surface area contributed by atoms with Crippen molar-refractivity contribution in [3.8, 4) is 0 Å². The van der Waals surface area contributed by atoms with Crippen molar-refractivity contribution in [3.63, 3.8) is 0 Å². The number of hydrogen-bond donors (Lipinski definition) is 0. The fourth-order valence-corrected chi connectivity index (χ4v) is 1.60. The van der Waals surface area contributed by atoms with E-state index in [1.807, 2.05) is 20.8 Å². The second kappa shape index (κ2) is 5.59. The Balaban J connectivity index is 2.60. The summed E-state index contributed by atoms with van der Waals surface area (Å²) in [7, 11) is 0. The van der Waals surface area contributed by atoms with Gasteiger partial charge in [-0.1, -0.05) is 5.11 Å². The third-order valence-corrected chi connectivity index (χ3v) is 2.26. The molecule has 0 bridgehead atoms. The van der Waals surface area contributed by atoms with Crippen molar-refractivity contribution < 1.29 is 9.53 Å². The van der Waals surface area contributed by atoms with Gasteiger partial charge in [-0.2, -0.15) is 0 Å². The highest BCUT2D eigenvalue weighted by Crippen LogP contribution is 2.18. The molecule has 1 saturated heterocycles. The van der Waals surface area contributed by atoms with Crippen molar-refractivity contribution in [1.82, 2.24) is 4.90 Å². The van der Waals surface area contributed by atoms with Crippen LogP contribution in [-0.2, 0) is 4.74 Å². The average molecular weight is 238 g/mol. The van der Waals surface area contributed by atoms with Crippen LogP contribution in [0.5, 0.6) is 0 Å². The van der Waals surface area contributed by atoms with E-state index in [9.17, 15) is 4.79 Å². The van der Waals surface area contributed by atoms with Gasteiger partial charge >= 0.3 is 6.09 Å². The normalized spacial score (nSPS) is 18.8. The summed E-state index contributed by atoms with van der Waals surface area (Å²) in [5.41, 5.74) is 8.71. The Labute approximate surface area is 101 Å². The SMILES string of the molecule is CC(C)(C)OC(=O)N1CCC/C(=C/N=[N+]=[N-])C1. The topological polar surface area (TPSA) is 78.3 Å². The molecule has 1 rings (SSSR count). The number of piperidine rings is 1. The maximum absolute atomic E-state index is 11.8. The first-order chi connectivity index (χ1) is 7.92. The van der Waals surface area contributed by atoms with Crippen LogP contribution in [0.3, 0.4) is 0 Å². The monoisotopic (exact) mass is 238 g/mol. The first-order valence-electron chi connectivity index (χ1n) is 5.62. The highest BCUT2D eigenvalue weighted by atomic mass is 16.6. The van der Waals surface area contributed by atoms with Gasteiger partial charge in [-0.15, -0.1) is 0 Å². The number of carbonyl (C=O) groups excluding carboxylic acids is 1. The highest BCUT2D eigenvalue weighted by Gasteiger charge is 2.24. The summed E-state index contributed by atoms with van der Waals surface area (Å²) in [4.78, 5) is 16.1. The fourth-order valence-electron chi connectivity index (χ4n) is 1.60. The van der Waals surface area contributed by atoms with E-state index in [0.29, 0.717) is 13.1 Å². The van der Waals surface area contributed by atoms with Gasteiger partial charge in [-0.3, -0.25) is 0 Å². The van der Waals surface area contributed by atoms with Crippen molar-refractivity contribution >= 4 is 6.09 Å². The lowest BCUT2D eigenvalue weighted by molar-refractivity contribution is 0.0246. The van der Waals surface area contributed by atoms with Crippen LogP contribution in [-0.4, -0.2) is 29.7 Å². The number of azide groups is 1. The molecule has 1 fully saturated rings. The third-order valence-electron chi connectivity index (χ3n) is 2.26. The Kier molecular flexibility index (Phi) is 4.40. The molecule has 6 heteroatoms. The highest BCUT2D eigenvalue weighted by molar-refractivity contribution is 5.68. The van der Waals surface area contributed by atoms with Crippen LogP contribution in [0.25, 0.3) is 10.4 Å². The van der Waals surface area contributed by atoms with E-state index in [0.717, 1.165) is 18.4 Å². The first kappa shape index (κ1) is 13.4. The molecule has 0 radical (unpaired) electrons. The summed E-state index contributed by atoms with van der Waals surface area (Å²) in [6.07, 6.45) is 2.89. The lowest BCUT2D eigenvalue weighted by Gasteiger charge is -2.31. The Morgan fingerprint density at radius 3 is 2.88 bits per heavy atom. The Morgan fingerprint density at radius 2 is 2.29 bits per heavy atom. The van der Waals surface area contributed by atoms with Crippen molar-refractivity contribution in [3.05, 3.63) is 22.2 Å². The molecule has 0 unspecified atom stereocenters. The van der Waals surface area contributed by atoms with E-state index in [1.165, 1.54) is 6.20 Å². The van der Waals surface area contributed by atoms with Gasteiger partial charge in [0, 0.05) is 24.2 Å². The van der Waals surface area contributed by atoms with Crippen molar-refractivity contribution in [2.75, 3.05) is 13.1 Å². The van der Waals surface area contributed by atoms with E-state index >= 15 is 0 Å². The second-order valence-electron chi connectivity index (χ2n) is 5.00. The third kappa shape index (κ3) is 4.78. The zero-order chi connectivity index (χ0) is 12.9. The maximum atomic E-state index is 11.8. The van der Waals surface area contributed by atoms with Crippen LogP contribution >= 0.6 is 0 Å². The number of likely N-dealkylation sites (tertiary alicyclic amines) is 1. The molecule has 6 nitrogen and oxygen atoms in total. The van der Waals surface area contributed by atoms with E-state index in [4.69, 9.17) is 10.3 Å². The van der Waals surface area contributed by atoms with Gasteiger partial charge in [0.25, 0.3) is 0 Å². The Morgan fingerprint density at radius 1 is 1.59 bits per heavy atom. The molecular formula is C11H18N4O2. The van der Waals surface area contributed by atoms with Crippen LogP contribution in [0.2, 0.25) is 0 Å². The molecule has 0 aromatic carbocycles. The van der Waals surface area contributed by atoms with Crippen LogP contribution in [0, 0.1) is 0 Å². The lowest BCUT2D eigenvalue weighted by atomic mass is 10.1. The molecule has 1 aliphatic heterocycles. The standard InChI is InChI=1S/C11H18N4O2/c1-11(2,3)17-10(16)15-6-4-5-9(8-15)7-13-14-12/h7H,4-6,8H2,1-3H3/b9-7-. The molecule has 0 aromatic rings. The minimum atomic E-state index is -0.483. The second-order valence-corrected chi connectivity index (χ2v) is 5.00. The molecule has 0 saturated carbocycles. The number of hydrogen-bond acceptors (Lipinski definition) is 3. The molecule has 1 amide bonds. The van der Waals surface area contributed by atoms with Gasteiger partial charge in [0.1, 0.15) is 5.60 Å². The van der Waals surface area contributed by atoms with Crippen molar-refractivity contribution in [2.24, 2.45) is 5.11 Å². The van der Waals surface area contributed by atoms with Crippen molar-refractivity contribution in [1.29, 1.82) is 0 Å². The molecule has 0 aliphatic carbocycles. The average Bonchev–Trinajstić information content (AvgIpc) is 2.24. The summed E-state index contributed by atoms with van der Waals surface area (Å²) in [5, 5.41) is 3.40. The lowest BCUT2D eigenvalue weighted by Crippen LogP contribution is -2.40. The van der Waals surface area contributed by atoms with Crippen LogP contribution in [0.1, 0.15) is 33.6 Å². The van der Waals surface area contributed by atoms with Gasteiger partial charge in [0.15, 0.2) is 0 Å². The number of carbonyl (C=O) groups is 1. The molecule has 0 atom stereocenters. The molecule has 1 heterocycles. The van der Waals surface area contributed by atoms with Gasteiger partial charge < -0.3 is 9.64 Å². The zero-order valence-electron chi connectivity index (χ0n) is 10.5. The summed E-state index contributed by atoms with van der Waals surface area (Å²) < 4.78 is 5.29. The fraction of sp³-hybridized carbons (Fsp3) is 0.727. The Bertz CT molecular complexity index is 364. The number of nitrogens with zero attached hydrogens (tertiary/aromatic N) is 4. The van der Waals surface area contributed by atoms with Gasteiger partial charge in [-0.05, 0) is 44.7 Å². The molecule has 1 aliphatic rings. The van der Waals surface area contributed by atoms with Crippen LogP contribution in [0.4, 0.5) is 4.79 Å². The first-order valence-corrected chi connectivity index (χ1v) is 5.62.